The molecule has 1 aliphatic rings. The molecule has 1 N–H and O–H groups in total. The molecular formula is C14H18O. The first-order valence-corrected chi connectivity index (χ1v) is 5.53. The van der Waals surface area contributed by atoms with Gasteiger partial charge in [-0.2, -0.15) is 0 Å². The molecule has 1 aromatic rings. The van der Waals surface area contributed by atoms with Crippen molar-refractivity contribution < 1.29 is 5.11 Å². The summed E-state index contributed by atoms with van der Waals surface area (Å²) in [6.45, 7) is 8.05. The van der Waals surface area contributed by atoms with Crippen molar-refractivity contribution >= 4 is 0 Å². The normalized spacial score (nSPS) is 29.7. The lowest BCUT2D eigenvalue weighted by molar-refractivity contribution is 0.0541. The summed E-state index contributed by atoms with van der Waals surface area (Å²) in [4.78, 5) is 0. The van der Waals surface area contributed by atoms with Gasteiger partial charge in [0.25, 0.3) is 0 Å². The molecule has 0 saturated heterocycles. The first-order valence-electron chi connectivity index (χ1n) is 5.53. The smallest absolute Gasteiger partial charge is 0.110 e. The predicted octanol–water partition coefficient (Wildman–Crippen LogP) is 3.35. The Labute approximate surface area is 91.4 Å². The van der Waals surface area contributed by atoms with Gasteiger partial charge in [-0.3, -0.25) is 0 Å². The van der Waals surface area contributed by atoms with Crippen molar-refractivity contribution in [3.63, 3.8) is 0 Å². The SMILES string of the molecule is C=C(C)C1(O)CCC(C)c2ccccc21. The lowest BCUT2D eigenvalue weighted by Crippen LogP contribution is -2.32. The minimum atomic E-state index is -0.802. The van der Waals surface area contributed by atoms with E-state index in [0.29, 0.717) is 5.92 Å². The van der Waals surface area contributed by atoms with Crippen LogP contribution in [-0.2, 0) is 5.60 Å². The summed E-state index contributed by atoms with van der Waals surface area (Å²) in [5.41, 5.74) is 2.37. The Morgan fingerprint density at radius 3 is 2.80 bits per heavy atom. The molecule has 0 spiro atoms. The molecule has 0 fully saturated rings. The zero-order valence-electron chi connectivity index (χ0n) is 9.46. The number of rotatable bonds is 1. The fraction of sp³-hybridized carbons (Fsp3) is 0.429. The fourth-order valence-corrected chi connectivity index (χ4v) is 2.46. The molecule has 0 aliphatic heterocycles. The third kappa shape index (κ3) is 1.51. The third-order valence-electron chi connectivity index (χ3n) is 3.58. The molecule has 0 bridgehead atoms. The molecule has 0 aromatic heterocycles. The zero-order valence-corrected chi connectivity index (χ0v) is 9.46. The Hall–Kier alpha value is -1.08. The van der Waals surface area contributed by atoms with Crippen LogP contribution in [0, 0.1) is 0 Å². The highest BCUT2D eigenvalue weighted by Gasteiger charge is 2.36. The molecule has 1 heteroatoms. The van der Waals surface area contributed by atoms with Crippen LogP contribution in [0.4, 0.5) is 0 Å². The predicted molar refractivity (Wildman–Crippen MR) is 62.8 cm³/mol. The van der Waals surface area contributed by atoms with Crippen LogP contribution in [0.15, 0.2) is 36.4 Å². The molecule has 2 rings (SSSR count). The van der Waals surface area contributed by atoms with E-state index in [9.17, 15) is 5.11 Å². The van der Waals surface area contributed by atoms with Gasteiger partial charge in [-0.15, -0.1) is 0 Å². The second-order valence-electron chi connectivity index (χ2n) is 4.67. The summed E-state index contributed by atoms with van der Waals surface area (Å²) in [6, 6.07) is 8.18. The van der Waals surface area contributed by atoms with E-state index in [4.69, 9.17) is 0 Å². The highest BCUT2D eigenvalue weighted by atomic mass is 16.3. The summed E-state index contributed by atoms with van der Waals surface area (Å²) < 4.78 is 0. The van der Waals surface area contributed by atoms with Crippen molar-refractivity contribution in [1.82, 2.24) is 0 Å². The van der Waals surface area contributed by atoms with Crippen LogP contribution < -0.4 is 0 Å². The van der Waals surface area contributed by atoms with Crippen LogP contribution in [0.1, 0.15) is 43.7 Å². The third-order valence-corrected chi connectivity index (χ3v) is 3.58. The van der Waals surface area contributed by atoms with E-state index < -0.39 is 5.60 Å². The van der Waals surface area contributed by atoms with Crippen LogP contribution in [0.3, 0.4) is 0 Å². The van der Waals surface area contributed by atoms with E-state index >= 15 is 0 Å². The summed E-state index contributed by atoms with van der Waals surface area (Å²) >= 11 is 0. The fourth-order valence-electron chi connectivity index (χ4n) is 2.46. The molecule has 1 aliphatic carbocycles. The summed E-state index contributed by atoms with van der Waals surface area (Å²) in [5, 5.41) is 10.6. The number of aliphatic hydroxyl groups is 1. The molecule has 1 aromatic carbocycles. The number of hydrogen-bond acceptors (Lipinski definition) is 1. The highest BCUT2D eigenvalue weighted by molar-refractivity contribution is 5.41. The highest BCUT2D eigenvalue weighted by Crippen LogP contribution is 2.44. The molecule has 2 atom stereocenters. The van der Waals surface area contributed by atoms with Crippen molar-refractivity contribution in [2.45, 2.75) is 38.2 Å². The number of fused-ring (bicyclic) bond motifs is 1. The van der Waals surface area contributed by atoms with E-state index in [1.54, 1.807) is 0 Å². The Balaban J connectivity index is 2.58. The molecule has 2 unspecified atom stereocenters. The topological polar surface area (TPSA) is 20.2 Å². The van der Waals surface area contributed by atoms with E-state index in [0.717, 1.165) is 24.0 Å². The van der Waals surface area contributed by atoms with Gasteiger partial charge in [-0.05, 0) is 42.4 Å². The lowest BCUT2D eigenvalue weighted by Gasteiger charge is -2.37. The van der Waals surface area contributed by atoms with Gasteiger partial charge in [0, 0.05) is 0 Å². The van der Waals surface area contributed by atoms with Crippen LogP contribution in [-0.4, -0.2) is 5.11 Å². The second kappa shape index (κ2) is 3.49. The van der Waals surface area contributed by atoms with Crippen molar-refractivity contribution in [3.8, 4) is 0 Å². The van der Waals surface area contributed by atoms with E-state index in [2.05, 4.69) is 19.6 Å². The summed E-state index contributed by atoms with van der Waals surface area (Å²) in [6.07, 6.45) is 1.82. The van der Waals surface area contributed by atoms with Gasteiger partial charge in [0.15, 0.2) is 0 Å². The van der Waals surface area contributed by atoms with Gasteiger partial charge >= 0.3 is 0 Å². The Bertz CT molecular complexity index is 394. The maximum absolute atomic E-state index is 10.6. The van der Waals surface area contributed by atoms with E-state index in [1.165, 1.54) is 5.56 Å². The van der Waals surface area contributed by atoms with Crippen molar-refractivity contribution in [2.24, 2.45) is 0 Å². The lowest BCUT2D eigenvalue weighted by atomic mass is 9.72. The van der Waals surface area contributed by atoms with Gasteiger partial charge in [0.05, 0.1) is 0 Å². The van der Waals surface area contributed by atoms with Crippen molar-refractivity contribution in [1.29, 1.82) is 0 Å². The summed E-state index contributed by atoms with van der Waals surface area (Å²) in [7, 11) is 0. The van der Waals surface area contributed by atoms with Gasteiger partial charge in [-0.25, -0.2) is 0 Å². The minimum Gasteiger partial charge on any atom is -0.381 e. The summed E-state index contributed by atoms with van der Waals surface area (Å²) in [5.74, 6) is 0.542. The Kier molecular flexibility index (Phi) is 2.43. The molecular weight excluding hydrogens is 184 g/mol. The van der Waals surface area contributed by atoms with Crippen molar-refractivity contribution in [2.75, 3.05) is 0 Å². The second-order valence-corrected chi connectivity index (χ2v) is 4.67. The average molecular weight is 202 g/mol. The number of hydrogen-bond donors (Lipinski definition) is 1. The Morgan fingerprint density at radius 1 is 1.47 bits per heavy atom. The monoisotopic (exact) mass is 202 g/mol. The Morgan fingerprint density at radius 2 is 2.13 bits per heavy atom. The van der Waals surface area contributed by atoms with Gasteiger partial charge in [0.2, 0.25) is 0 Å². The van der Waals surface area contributed by atoms with Crippen LogP contribution in [0.25, 0.3) is 0 Å². The van der Waals surface area contributed by atoms with Crippen LogP contribution >= 0.6 is 0 Å². The van der Waals surface area contributed by atoms with Crippen LogP contribution in [0.2, 0.25) is 0 Å². The van der Waals surface area contributed by atoms with Gasteiger partial charge in [-0.1, -0.05) is 37.8 Å². The molecule has 0 heterocycles. The molecule has 80 valence electrons. The van der Waals surface area contributed by atoms with E-state index in [-0.39, 0.29) is 0 Å². The standard InChI is InChI=1S/C14H18O/c1-10(2)14(15)9-8-11(3)12-6-4-5-7-13(12)14/h4-7,11,15H,1,8-9H2,2-3H3. The zero-order chi connectivity index (χ0) is 11.1. The molecule has 0 radical (unpaired) electrons. The quantitative estimate of drug-likeness (QED) is 0.692. The molecule has 0 amide bonds. The average Bonchev–Trinajstić information content (AvgIpc) is 2.24. The maximum Gasteiger partial charge on any atom is 0.110 e. The van der Waals surface area contributed by atoms with Gasteiger partial charge < -0.3 is 5.11 Å². The largest absolute Gasteiger partial charge is 0.381 e. The van der Waals surface area contributed by atoms with Crippen molar-refractivity contribution in [3.05, 3.63) is 47.5 Å². The first kappa shape index (κ1) is 10.4. The van der Waals surface area contributed by atoms with Gasteiger partial charge in [0.1, 0.15) is 5.60 Å². The molecule has 15 heavy (non-hydrogen) atoms. The first-order chi connectivity index (χ1) is 7.05. The van der Waals surface area contributed by atoms with E-state index in [1.807, 2.05) is 25.1 Å². The molecule has 1 nitrogen and oxygen atoms in total. The minimum absolute atomic E-state index is 0.542. The maximum atomic E-state index is 10.6. The number of benzene rings is 1. The molecule has 0 saturated carbocycles. The van der Waals surface area contributed by atoms with Crippen LogP contribution in [0.5, 0.6) is 0 Å².